The molecule has 0 fully saturated rings. The average molecular weight is 440 g/mol. The van der Waals surface area contributed by atoms with Gasteiger partial charge in [0.1, 0.15) is 6.54 Å². The maximum Gasteiger partial charge on any atom is 0.275 e. The van der Waals surface area contributed by atoms with Crippen LogP contribution in [0.3, 0.4) is 0 Å². The lowest BCUT2D eigenvalue weighted by atomic mass is 10.1. The molecule has 140 valence electrons. The number of aromatic nitrogens is 4. The maximum absolute atomic E-state index is 12.8. The Labute approximate surface area is 167 Å². The molecule has 1 amide bonds. The van der Waals surface area contributed by atoms with Crippen molar-refractivity contribution >= 4 is 32.6 Å². The van der Waals surface area contributed by atoms with E-state index in [0.717, 1.165) is 14.7 Å². The second-order valence-corrected chi connectivity index (χ2v) is 6.86. The Balaban J connectivity index is 1.74. The van der Waals surface area contributed by atoms with E-state index in [1.165, 1.54) is 7.05 Å². The van der Waals surface area contributed by atoms with Crippen LogP contribution in [0.15, 0.2) is 62.2 Å². The van der Waals surface area contributed by atoms with E-state index in [2.05, 4.69) is 36.5 Å². The molecule has 0 atom stereocenters. The number of nitrogens with one attached hydrogen (secondary N) is 1. The third kappa shape index (κ3) is 3.31. The van der Waals surface area contributed by atoms with Crippen LogP contribution in [0.25, 0.3) is 22.2 Å². The van der Waals surface area contributed by atoms with Crippen molar-refractivity contribution in [2.75, 3.05) is 7.05 Å². The van der Waals surface area contributed by atoms with Crippen LogP contribution in [0, 0.1) is 0 Å². The van der Waals surface area contributed by atoms with E-state index < -0.39 is 0 Å². The zero-order valence-corrected chi connectivity index (χ0v) is 16.3. The van der Waals surface area contributed by atoms with Crippen molar-refractivity contribution in [2.24, 2.45) is 0 Å². The van der Waals surface area contributed by atoms with E-state index in [0.29, 0.717) is 16.7 Å². The number of amides is 1. The molecular formula is C19H14BrN5O3. The summed E-state index contributed by atoms with van der Waals surface area (Å²) in [5.74, 6) is 0.166. The van der Waals surface area contributed by atoms with Gasteiger partial charge >= 0.3 is 0 Å². The van der Waals surface area contributed by atoms with Gasteiger partial charge in [0.15, 0.2) is 5.69 Å². The fourth-order valence-electron chi connectivity index (χ4n) is 2.78. The lowest BCUT2D eigenvalue weighted by Gasteiger charge is -2.08. The summed E-state index contributed by atoms with van der Waals surface area (Å²) >= 11 is 3.37. The summed E-state index contributed by atoms with van der Waals surface area (Å²) in [6.07, 6.45) is 0. The van der Waals surface area contributed by atoms with Crippen LogP contribution in [0.4, 0.5) is 0 Å². The Morgan fingerprint density at radius 2 is 1.82 bits per heavy atom. The van der Waals surface area contributed by atoms with Gasteiger partial charge < -0.3 is 9.73 Å². The summed E-state index contributed by atoms with van der Waals surface area (Å²) in [4.78, 5) is 25.0. The molecule has 0 aliphatic carbocycles. The van der Waals surface area contributed by atoms with Gasteiger partial charge in [0, 0.05) is 22.5 Å². The van der Waals surface area contributed by atoms with E-state index in [4.69, 9.17) is 4.42 Å². The Hall–Kier alpha value is -3.33. The zero-order valence-electron chi connectivity index (χ0n) is 14.7. The predicted molar refractivity (Wildman–Crippen MR) is 106 cm³/mol. The van der Waals surface area contributed by atoms with Crippen molar-refractivity contribution in [3.8, 4) is 11.5 Å². The molecule has 0 saturated carbocycles. The molecule has 0 spiro atoms. The predicted octanol–water partition coefficient (Wildman–Crippen LogP) is 2.62. The van der Waals surface area contributed by atoms with E-state index in [1.54, 1.807) is 24.3 Å². The van der Waals surface area contributed by atoms with Crippen LogP contribution in [0.1, 0.15) is 16.4 Å². The van der Waals surface area contributed by atoms with Gasteiger partial charge in [-0.15, -0.1) is 10.2 Å². The van der Waals surface area contributed by atoms with E-state index in [1.807, 2.05) is 24.3 Å². The van der Waals surface area contributed by atoms with Crippen LogP contribution in [0.2, 0.25) is 0 Å². The number of rotatable bonds is 4. The van der Waals surface area contributed by atoms with Gasteiger partial charge in [0.25, 0.3) is 11.5 Å². The van der Waals surface area contributed by atoms with Crippen LogP contribution in [0.5, 0.6) is 0 Å². The highest BCUT2D eigenvalue weighted by Crippen LogP contribution is 2.21. The minimum Gasteiger partial charge on any atom is -0.419 e. The molecular weight excluding hydrogens is 426 g/mol. The minimum atomic E-state index is -0.383. The van der Waals surface area contributed by atoms with Crippen molar-refractivity contribution in [3.05, 3.63) is 74.9 Å². The molecule has 28 heavy (non-hydrogen) atoms. The number of benzene rings is 2. The Morgan fingerprint density at radius 1 is 1.11 bits per heavy atom. The maximum atomic E-state index is 12.8. The van der Waals surface area contributed by atoms with Gasteiger partial charge in [-0.2, -0.15) is 5.10 Å². The second-order valence-electron chi connectivity index (χ2n) is 5.94. The minimum absolute atomic E-state index is 0.0445. The van der Waals surface area contributed by atoms with Crippen LogP contribution in [-0.4, -0.2) is 32.9 Å². The molecule has 8 nitrogen and oxygen atoms in total. The Morgan fingerprint density at radius 3 is 2.54 bits per heavy atom. The van der Waals surface area contributed by atoms with Gasteiger partial charge in [-0.3, -0.25) is 9.59 Å². The smallest absolute Gasteiger partial charge is 0.275 e. The highest BCUT2D eigenvalue weighted by Gasteiger charge is 2.17. The highest BCUT2D eigenvalue weighted by molar-refractivity contribution is 9.10. The Kier molecular flexibility index (Phi) is 4.74. The fraction of sp³-hybridized carbons (Fsp3) is 0.105. The van der Waals surface area contributed by atoms with E-state index in [-0.39, 0.29) is 29.6 Å². The monoisotopic (exact) mass is 439 g/mol. The largest absolute Gasteiger partial charge is 0.419 e. The molecule has 0 saturated heterocycles. The lowest BCUT2D eigenvalue weighted by molar-refractivity contribution is 0.0957. The topological polar surface area (TPSA) is 103 Å². The van der Waals surface area contributed by atoms with Crippen molar-refractivity contribution in [3.63, 3.8) is 0 Å². The molecule has 4 rings (SSSR count). The number of carbonyl (C=O) groups excluding carboxylic acids is 1. The summed E-state index contributed by atoms with van der Waals surface area (Å²) < 4.78 is 7.76. The number of nitrogens with zero attached hydrogens (tertiary/aromatic N) is 4. The van der Waals surface area contributed by atoms with Crippen molar-refractivity contribution in [2.45, 2.75) is 6.54 Å². The quantitative estimate of drug-likeness (QED) is 0.524. The first-order chi connectivity index (χ1) is 13.6. The first-order valence-electron chi connectivity index (χ1n) is 8.37. The third-order valence-electron chi connectivity index (χ3n) is 4.15. The van der Waals surface area contributed by atoms with Gasteiger partial charge in [-0.05, 0) is 30.3 Å². The Bertz CT molecular complexity index is 1230. The summed E-state index contributed by atoms with van der Waals surface area (Å²) in [7, 11) is 1.51. The normalized spacial score (nSPS) is 10.9. The molecule has 2 heterocycles. The first-order valence-corrected chi connectivity index (χ1v) is 9.16. The van der Waals surface area contributed by atoms with E-state index in [9.17, 15) is 9.59 Å². The third-order valence-corrected chi connectivity index (χ3v) is 4.68. The van der Waals surface area contributed by atoms with E-state index >= 15 is 0 Å². The summed E-state index contributed by atoms with van der Waals surface area (Å²) in [5, 5.41) is 15.7. The zero-order chi connectivity index (χ0) is 19.7. The number of hydrogen-bond donors (Lipinski definition) is 1. The average Bonchev–Trinajstić information content (AvgIpc) is 3.18. The van der Waals surface area contributed by atoms with Crippen LogP contribution < -0.4 is 10.9 Å². The lowest BCUT2D eigenvalue weighted by Crippen LogP contribution is -2.29. The van der Waals surface area contributed by atoms with Gasteiger partial charge in [-0.25, -0.2) is 4.68 Å². The number of fused-ring (bicyclic) bond motifs is 1. The summed E-state index contributed by atoms with van der Waals surface area (Å²) in [5.41, 5.74) is 0.573. The van der Waals surface area contributed by atoms with Crippen LogP contribution >= 0.6 is 15.9 Å². The molecule has 0 aliphatic heterocycles. The second kappa shape index (κ2) is 7.35. The summed E-state index contributed by atoms with van der Waals surface area (Å²) in [6, 6.07) is 14.2. The number of hydrogen-bond acceptors (Lipinski definition) is 6. The summed E-state index contributed by atoms with van der Waals surface area (Å²) in [6.45, 7) is -0.0445. The first kappa shape index (κ1) is 18.1. The molecule has 2 aromatic heterocycles. The molecule has 9 heteroatoms. The molecule has 0 aliphatic rings. The van der Waals surface area contributed by atoms with Gasteiger partial charge in [0.05, 0.1) is 5.39 Å². The van der Waals surface area contributed by atoms with Crippen molar-refractivity contribution < 1.29 is 9.21 Å². The van der Waals surface area contributed by atoms with Crippen molar-refractivity contribution in [1.29, 1.82) is 0 Å². The molecule has 4 aromatic rings. The molecule has 1 N–H and O–H groups in total. The van der Waals surface area contributed by atoms with Crippen molar-refractivity contribution in [1.82, 2.24) is 25.3 Å². The number of carbonyl (C=O) groups is 1. The van der Waals surface area contributed by atoms with Gasteiger partial charge in [-0.1, -0.05) is 34.1 Å². The molecule has 0 unspecified atom stereocenters. The number of halogens is 1. The van der Waals surface area contributed by atoms with Gasteiger partial charge in [0.2, 0.25) is 11.8 Å². The molecule has 0 bridgehead atoms. The van der Waals surface area contributed by atoms with Crippen LogP contribution in [-0.2, 0) is 6.54 Å². The fourth-order valence-corrected chi connectivity index (χ4v) is 3.05. The molecule has 2 aromatic carbocycles. The highest BCUT2D eigenvalue weighted by atomic mass is 79.9. The standard InChI is InChI=1S/C19H14BrN5O3/c1-21-17(26)16-13-4-2-3-5-14(13)19(27)25(24-16)10-15-22-23-18(28-15)11-6-8-12(20)9-7-11/h2-9H,10H2,1H3,(H,21,26). The SMILES string of the molecule is CNC(=O)c1nn(Cc2nnc(-c3ccc(Br)cc3)o2)c(=O)c2ccccc12. The molecule has 0 radical (unpaired) electrons.